The number of aryl methyl sites for hydroxylation is 3. The third kappa shape index (κ3) is 3.90. The highest BCUT2D eigenvalue weighted by Crippen LogP contribution is 2.31. The van der Waals surface area contributed by atoms with Gasteiger partial charge in [-0.15, -0.1) is 0 Å². The first-order valence-electron chi connectivity index (χ1n) is 9.33. The molecule has 1 N–H and O–H groups in total. The summed E-state index contributed by atoms with van der Waals surface area (Å²) in [6.45, 7) is 3.70. The van der Waals surface area contributed by atoms with Gasteiger partial charge in [0.15, 0.2) is 5.78 Å². The van der Waals surface area contributed by atoms with Crippen LogP contribution in [0.1, 0.15) is 39.5 Å². The van der Waals surface area contributed by atoms with E-state index in [0.717, 1.165) is 21.6 Å². The quantitative estimate of drug-likeness (QED) is 0.573. The van der Waals surface area contributed by atoms with E-state index in [2.05, 4.69) is 10.1 Å². The first-order chi connectivity index (χ1) is 14.0. The lowest BCUT2D eigenvalue weighted by atomic mass is 9.91. The van der Waals surface area contributed by atoms with E-state index in [1.807, 2.05) is 32.9 Å². The normalized spacial score (nSPS) is 18.7. The Morgan fingerprint density at radius 3 is 2.20 bits per heavy atom. The third-order valence-electron chi connectivity index (χ3n) is 5.19. The number of nitrogens with one attached hydrogen (secondary N) is 1. The second-order valence-corrected chi connectivity index (χ2v) is 7.55. The van der Waals surface area contributed by atoms with E-state index in [4.69, 9.17) is 0 Å². The number of carbonyl (C=O) groups is 3. The largest absolute Gasteiger partial charge is 0.435 e. The molecule has 3 amide bonds. The summed E-state index contributed by atoms with van der Waals surface area (Å²) in [6.07, 6.45) is 0. The average Bonchev–Trinajstić information content (AvgIpc) is 2.85. The molecule has 1 saturated heterocycles. The van der Waals surface area contributed by atoms with Crippen LogP contribution in [0.5, 0.6) is 5.75 Å². The Balaban J connectivity index is 1.83. The lowest BCUT2D eigenvalue weighted by molar-refractivity contribution is -0.130. The summed E-state index contributed by atoms with van der Waals surface area (Å²) in [6, 6.07) is 8.49. The van der Waals surface area contributed by atoms with Crippen LogP contribution in [0.4, 0.5) is 13.6 Å². The van der Waals surface area contributed by atoms with E-state index in [1.165, 1.54) is 31.2 Å². The number of ketones is 1. The first kappa shape index (κ1) is 21.4. The van der Waals surface area contributed by atoms with Gasteiger partial charge >= 0.3 is 12.6 Å². The fourth-order valence-corrected chi connectivity index (χ4v) is 3.85. The standard InChI is InChI=1S/C22H22F2N2O4/c1-12-9-13(2)18(14(3)10-12)17(27)11-26-19(28)22(4,25-21(26)29)15-5-7-16(8-6-15)30-20(23)24/h5-10,20H,11H2,1-4H3,(H,25,29)/t22-/m0/s1. The Kier molecular flexibility index (Phi) is 5.61. The molecule has 0 unspecified atom stereocenters. The molecule has 2 aromatic carbocycles. The van der Waals surface area contributed by atoms with Crippen LogP contribution in [-0.4, -0.2) is 35.8 Å². The van der Waals surface area contributed by atoms with Crippen molar-refractivity contribution < 1.29 is 27.9 Å². The van der Waals surface area contributed by atoms with Crippen LogP contribution in [-0.2, 0) is 10.3 Å². The molecule has 0 saturated carbocycles. The van der Waals surface area contributed by atoms with Crippen LogP contribution in [0.15, 0.2) is 36.4 Å². The lowest BCUT2D eigenvalue weighted by Gasteiger charge is -2.22. The van der Waals surface area contributed by atoms with Gasteiger partial charge in [0.1, 0.15) is 11.3 Å². The highest BCUT2D eigenvalue weighted by atomic mass is 19.3. The van der Waals surface area contributed by atoms with Crippen LogP contribution in [0, 0.1) is 20.8 Å². The summed E-state index contributed by atoms with van der Waals surface area (Å²) in [5, 5.41) is 2.60. The van der Waals surface area contributed by atoms with Crippen molar-refractivity contribution in [3.8, 4) is 5.75 Å². The predicted octanol–water partition coefficient (Wildman–Crippen LogP) is 3.86. The molecule has 0 spiro atoms. The van der Waals surface area contributed by atoms with Gasteiger partial charge in [0.25, 0.3) is 5.91 Å². The molecule has 0 aliphatic carbocycles. The maximum absolute atomic E-state index is 13.0. The van der Waals surface area contributed by atoms with Crippen molar-refractivity contribution in [3.63, 3.8) is 0 Å². The van der Waals surface area contributed by atoms with Crippen LogP contribution < -0.4 is 10.1 Å². The number of urea groups is 1. The van der Waals surface area contributed by atoms with Crippen molar-refractivity contribution in [1.29, 1.82) is 0 Å². The Hall–Kier alpha value is -3.29. The maximum atomic E-state index is 13.0. The van der Waals surface area contributed by atoms with Gasteiger partial charge in [0.05, 0.1) is 6.54 Å². The summed E-state index contributed by atoms with van der Waals surface area (Å²) < 4.78 is 29.0. The van der Waals surface area contributed by atoms with Crippen molar-refractivity contribution >= 4 is 17.7 Å². The molecule has 0 aromatic heterocycles. The molecule has 1 atom stereocenters. The van der Waals surface area contributed by atoms with Gasteiger partial charge in [-0.05, 0) is 56.5 Å². The number of imide groups is 1. The first-order valence-corrected chi connectivity index (χ1v) is 9.33. The SMILES string of the molecule is Cc1cc(C)c(C(=O)CN2C(=O)N[C@@](C)(c3ccc(OC(F)F)cc3)C2=O)c(C)c1. The second kappa shape index (κ2) is 7.85. The van der Waals surface area contributed by atoms with Gasteiger partial charge in [-0.1, -0.05) is 29.8 Å². The van der Waals surface area contributed by atoms with Crippen molar-refractivity contribution in [2.45, 2.75) is 39.8 Å². The molecule has 8 heteroatoms. The van der Waals surface area contributed by atoms with Crippen LogP contribution in [0.3, 0.4) is 0 Å². The van der Waals surface area contributed by atoms with Crippen LogP contribution in [0.2, 0.25) is 0 Å². The molecule has 1 fully saturated rings. The van der Waals surface area contributed by atoms with E-state index in [9.17, 15) is 23.2 Å². The summed E-state index contributed by atoms with van der Waals surface area (Å²) in [5.41, 5.74) is 2.04. The highest BCUT2D eigenvalue weighted by molar-refractivity contribution is 6.11. The summed E-state index contributed by atoms with van der Waals surface area (Å²) >= 11 is 0. The number of halogens is 2. The smallest absolute Gasteiger partial charge is 0.387 e. The molecular weight excluding hydrogens is 394 g/mol. The number of Topliss-reactive ketones (excluding diaryl/α,β-unsaturated/α-hetero) is 1. The number of benzene rings is 2. The van der Waals surface area contributed by atoms with Crippen LogP contribution >= 0.6 is 0 Å². The molecule has 30 heavy (non-hydrogen) atoms. The van der Waals surface area contributed by atoms with Gasteiger partial charge in [-0.25, -0.2) is 4.79 Å². The van der Waals surface area contributed by atoms with Crippen molar-refractivity contribution in [2.75, 3.05) is 6.54 Å². The Labute approximate surface area is 172 Å². The van der Waals surface area contributed by atoms with Gasteiger partial charge in [-0.2, -0.15) is 8.78 Å². The highest BCUT2D eigenvalue weighted by Gasteiger charge is 2.49. The van der Waals surface area contributed by atoms with Crippen molar-refractivity contribution in [3.05, 3.63) is 64.2 Å². The molecule has 1 aliphatic rings. The van der Waals surface area contributed by atoms with Gasteiger partial charge < -0.3 is 10.1 Å². The minimum absolute atomic E-state index is 0.0634. The molecule has 3 rings (SSSR count). The topological polar surface area (TPSA) is 75.7 Å². The molecule has 0 radical (unpaired) electrons. The minimum atomic E-state index is -2.96. The zero-order valence-electron chi connectivity index (χ0n) is 17.1. The number of amides is 3. The monoisotopic (exact) mass is 416 g/mol. The Morgan fingerprint density at radius 2 is 1.67 bits per heavy atom. The number of ether oxygens (including phenoxy) is 1. The number of carbonyl (C=O) groups excluding carboxylic acids is 3. The van der Waals surface area contributed by atoms with Crippen molar-refractivity contribution in [2.24, 2.45) is 0 Å². The molecule has 0 bridgehead atoms. The molecule has 6 nitrogen and oxygen atoms in total. The fourth-order valence-electron chi connectivity index (χ4n) is 3.85. The Bertz CT molecular complexity index is 997. The number of rotatable bonds is 6. The zero-order chi connectivity index (χ0) is 22.2. The van der Waals surface area contributed by atoms with Gasteiger partial charge in [0.2, 0.25) is 0 Å². The maximum Gasteiger partial charge on any atom is 0.387 e. The number of alkyl halides is 2. The van der Waals surface area contributed by atoms with E-state index < -0.39 is 30.6 Å². The number of hydrogen-bond donors (Lipinski definition) is 1. The molecule has 158 valence electrons. The van der Waals surface area contributed by atoms with E-state index in [1.54, 1.807) is 0 Å². The van der Waals surface area contributed by atoms with Crippen molar-refractivity contribution in [1.82, 2.24) is 10.2 Å². The van der Waals surface area contributed by atoms with Gasteiger partial charge in [0, 0.05) is 5.56 Å². The van der Waals surface area contributed by atoms with Gasteiger partial charge in [-0.3, -0.25) is 14.5 Å². The third-order valence-corrected chi connectivity index (χ3v) is 5.19. The predicted molar refractivity (Wildman–Crippen MR) is 106 cm³/mol. The molecular formula is C22H22F2N2O4. The zero-order valence-corrected chi connectivity index (χ0v) is 17.1. The van der Waals surface area contributed by atoms with E-state index >= 15 is 0 Å². The lowest BCUT2D eigenvalue weighted by Crippen LogP contribution is -2.41. The summed E-state index contributed by atoms with van der Waals surface area (Å²) in [7, 11) is 0. The molecule has 1 aliphatic heterocycles. The number of hydrogen-bond acceptors (Lipinski definition) is 4. The minimum Gasteiger partial charge on any atom is -0.435 e. The summed E-state index contributed by atoms with van der Waals surface area (Å²) in [5.74, 6) is -0.990. The summed E-state index contributed by atoms with van der Waals surface area (Å²) in [4.78, 5) is 39.3. The number of nitrogens with zero attached hydrogens (tertiary/aromatic N) is 1. The van der Waals surface area contributed by atoms with Crippen LogP contribution in [0.25, 0.3) is 0 Å². The fraction of sp³-hybridized carbons (Fsp3) is 0.318. The average molecular weight is 416 g/mol. The Morgan fingerprint density at radius 1 is 1.10 bits per heavy atom. The van der Waals surface area contributed by atoms with E-state index in [0.29, 0.717) is 11.1 Å². The van der Waals surface area contributed by atoms with E-state index in [-0.39, 0.29) is 11.5 Å². The molecule has 2 aromatic rings. The molecule has 1 heterocycles. The second-order valence-electron chi connectivity index (χ2n) is 7.55.